The molecule has 0 saturated heterocycles. The summed E-state index contributed by atoms with van der Waals surface area (Å²) in [5.74, 6) is -1.73. The molecule has 2 rings (SSSR count). The zero-order chi connectivity index (χ0) is 18.2. The van der Waals surface area contributed by atoms with E-state index in [2.05, 4.69) is 10.1 Å². The molecule has 0 fully saturated rings. The van der Waals surface area contributed by atoms with Crippen molar-refractivity contribution in [3.05, 3.63) is 70.2 Å². The van der Waals surface area contributed by atoms with Crippen molar-refractivity contribution in [3.63, 3.8) is 0 Å². The predicted octanol–water partition coefficient (Wildman–Crippen LogP) is 2.60. The molecule has 2 aromatic carbocycles. The Morgan fingerprint density at radius 3 is 2.36 bits per heavy atom. The van der Waals surface area contributed by atoms with Crippen molar-refractivity contribution in [3.8, 4) is 0 Å². The average Bonchev–Trinajstić information content (AvgIpc) is 2.64. The number of hydrogen-bond donors (Lipinski definition) is 1. The summed E-state index contributed by atoms with van der Waals surface area (Å²) in [5, 5.41) is 3.15. The molecule has 1 N–H and O–H groups in total. The van der Waals surface area contributed by atoms with E-state index in [0.29, 0.717) is 5.02 Å². The fraction of sp³-hybridized carbons (Fsp3) is 0.167. The van der Waals surface area contributed by atoms with Crippen molar-refractivity contribution >= 4 is 29.4 Å². The molecule has 0 heterocycles. The van der Waals surface area contributed by atoms with Crippen molar-refractivity contribution in [1.82, 2.24) is 5.32 Å². The van der Waals surface area contributed by atoms with Crippen LogP contribution in [0.1, 0.15) is 26.3 Å². The van der Waals surface area contributed by atoms with E-state index < -0.39 is 24.5 Å². The van der Waals surface area contributed by atoms with E-state index in [1.54, 1.807) is 18.2 Å². The highest BCUT2D eigenvalue weighted by atomic mass is 35.5. The maximum Gasteiger partial charge on any atom is 0.338 e. The first-order chi connectivity index (χ1) is 12.0. The molecule has 0 aliphatic rings. The second kappa shape index (κ2) is 8.84. The number of hydrogen-bond acceptors (Lipinski definition) is 5. The van der Waals surface area contributed by atoms with Gasteiger partial charge in [0.25, 0.3) is 5.91 Å². The lowest BCUT2D eigenvalue weighted by molar-refractivity contribution is -0.124. The summed E-state index contributed by atoms with van der Waals surface area (Å²) < 4.78 is 9.53. The van der Waals surface area contributed by atoms with Crippen molar-refractivity contribution in [2.75, 3.05) is 13.7 Å². The predicted molar refractivity (Wildman–Crippen MR) is 91.4 cm³/mol. The van der Waals surface area contributed by atoms with Crippen molar-refractivity contribution in [2.45, 2.75) is 6.54 Å². The van der Waals surface area contributed by atoms with Gasteiger partial charge in [0.2, 0.25) is 0 Å². The molecule has 1 amide bonds. The van der Waals surface area contributed by atoms with Crippen LogP contribution >= 0.6 is 11.6 Å². The van der Waals surface area contributed by atoms with Crippen LogP contribution in [0.4, 0.5) is 0 Å². The lowest BCUT2D eigenvalue weighted by Gasteiger charge is -2.08. The van der Waals surface area contributed by atoms with Gasteiger partial charge in [0, 0.05) is 11.6 Å². The highest BCUT2D eigenvalue weighted by Crippen LogP contribution is 2.14. The number of amides is 1. The van der Waals surface area contributed by atoms with Gasteiger partial charge in [0.1, 0.15) is 0 Å². The van der Waals surface area contributed by atoms with Crippen LogP contribution in [-0.4, -0.2) is 31.6 Å². The van der Waals surface area contributed by atoms with E-state index in [1.165, 1.54) is 31.4 Å². The van der Waals surface area contributed by atoms with Crippen molar-refractivity contribution in [1.29, 1.82) is 0 Å². The van der Waals surface area contributed by atoms with Crippen LogP contribution in [0, 0.1) is 0 Å². The lowest BCUT2D eigenvalue weighted by atomic mass is 10.1. The van der Waals surface area contributed by atoms with E-state index in [9.17, 15) is 14.4 Å². The van der Waals surface area contributed by atoms with Gasteiger partial charge in [-0.25, -0.2) is 9.59 Å². The zero-order valence-corrected chi connectivity index (χ0v) is 14.2. The van der Waals surface area contributed by atoms with Gasteiger partial charge >= 0.3 is 11.9 Å². The van der Waals surface area contributed by atoms with Crippen LogP contribution in [0.15, 0.2) is 48.5 Å². The Bertz CT molecular complexity index is 791. The summed E-state index contributed by atoms with van der Waals surface area (Å²) in [4.78, 5) is 35.2. The van der Waals surface area contributed by atoms with Crippen LogP contribution in [-0.2, 0) is 20.8 Å². The number of esters is 2. The summed E-state index contributed by atoms with van der Waals surface area (Å²) in [6.45, 7) is -0.209. The van der Waals surface area contributed by atoms with Gasteiger partial charge in [-0.1, -0.05) is 35.9 Å². The highest BCUT2D eigenvalue weighted by molar-refractivity contribution is 6.31. The molecule has 0 aromatic heterocycles. The normalized spacial score (nSPS) is 10.0. The number of benzene rings is 2. The van der Waals surface area contributed by atoms with Crippen molar-refractivity contribution < 1.29 is 23.9 Å². The fourth-order valence-corrected chi connectivity index (χ4v) is 2.19. The van der Waals surface area contributed by atoms with E-state index in [-0.39, 0.29) is 17.7 Å². The second-order valence-electron chi connectivity index (χ2n) is 5.02. The molecule has 7 heteroatoms. The molecule has 130 valence electrons. The number of carbonyl (C=O) groups is 3. The van der Waals surface area contributed by atoms with Crippen LogP contribution in [0.25, 0.3) is 0 Å². The Morgan fingerprint density at radius 2 is 1.68 bits per heavy atom. The molecule has 0 atom stereocenters. The molecular formula is C18H16ClNO5. The van der Waals surface area contributed by atoms with Gasteiger partial charge in [-0.3, -0.25) is 4.79 Å². The van der Waals surface area contributed by atoms with Crippen molar-refractivity contribution in [2.24, 2.45) is 0 Å². The van der Waals surface area contributed by atoms with Gasteiger partial charge in [-0.2, -0.15) is 0 Å². The average molecular weight is 362 g/mol. The Kier molecular flexibility index (Phi) is 6.54. The molecule has 0 unspecified atom stereocenters. The van der Waals surface area contributed by atoms with Gasteiger partial charge in [0.15, 0.2) is 6.61 Å². The largest absolute Gasteiger partial charge is 0.465 e. The minimum Gasteiger partial charge on any atom is -0.465 e. The summed E-state index contributed by atoms with van der Waals surface area (Å²) in [6, 6.07) is 13.0. The third kappa shape index (κ3) is 5.32. The quantitative estimate of drug-likeness (QED) is 0.800. The van der Waals surface area contributed by atoms with Gasteiger partial charge in [-0.15, -0.1) is 0 Å². The molecule has 0 bridgehead atoms. The molecule has 0 aliphatic heterocycles. The number of carbonyl (C=O) groups excluding carboxylic acids is 3. The minimum atomic E-state index is -0.710. The first-order valence-electron chi connectivity index (χ1n) is 7.37. The number of methoxy groups -OCH3 is 1. The summed E-state index contributed by atoms with van der Waals surface area (Å²) >= 11 is 5.99. The second-order valence-corrected chi connectivity index (χ2v) is 5.42. The Balaban J connectivity index is 1.86. The van der Waals surface area contributed by atoms with E-state index in [0.717, 1.165) is 5.56 Å². The smallest absolute Gasteiger partial charge is 0.338 e. The molecule has 0 radical (unpaired) electrons. The molecule has 0 saturated carbocycles. The first-order valence-corrected chi connectivity index (χ1v) is 7.74. The van der Waals surface area contributed by atoms with Gasteiger partial charge in [-0.05, 0) is 29.8 Å². The number of ether oxygens (including phenoxy) is 2. The Morgan fingerprint density at radius 1 is 1.00 bits per heavy atom. The molecule has 0 aliphatic carbocycles. The Hall–Kier alpha value is -2.86. The molecule has 0 spiro atoms. The minimum absolute atomic E-state index is 0.154. The third-order valence-electron chi connectivity index (χ3n) is 3.29. The zero-order valence-electron chi connectivity index (χ0n) is 13.5. The highest BCUT2D eigenvalue weighted by Gasteiger charge is 2.13. The van der Waals surface area contributed by atoms with E-state index in [1.807, 2.05) is 6.07 Å². The lowest BCUT2D eigenvalue weighted by Crippen LogP contribution is -2.28. The topological polar surface area (TPSA) is 81.7 Å². The maximum atomic E-state index is 12.0. The van der Waals surface area contributed by atoms with Crippen LogP contribution < -0.4 is 5.32 Å². The molecular weight excluding hydrogens is 346 g/mol. The van der Waals surface area contributed by atoms with E-state index >= 15 is 0 Å². The summed E-state index contributed by atoms with van der Waals surface area (Å²) in [6.07, 6.45) is 0. The number of nitrogens with one attached hydrogen (secondary N) is 1. The molecule has 6 nitrogen and oxygen atoms in total. The summed E-state index contributed by atoms with van der Waals surface area (Å²) in [5.41, 5.74) is 1.14. The van der Waals surface area contributed by atoms with Crippen LogP contribution in [0.5, 0.6) is 0 Å². The van der Waals surface area contributed by atoms with E-state index in [4.69, 9.17) is 16.3 Å². The Labute approximate surface area is 149 Å². The summed E-state index contributed by atoms with van der Waals surface area (Å²) in [7, 11) is 1.25. The monoisotopic (exact) mass is 361 g/mol. The number of halogens is 1. The SMILES string of the molecule is COC(=O)c1cccc(C(=O)OCC(=O)NCc2ccccc2Cl)c1. The standard InChI is InChI=1S/C18H16ClNO5/c1-24-17(22)12-6-4-7-13(9-12)18(23)25-11-16(21)20-10-14-5-2-3-8-15(14)19/h2-9H,10-11H2,1H3,(H,20,21). The van der Waals surface area contributed by atoms with Crippen LogP contribution in [0.2, 0.25) is 5.02 Å². The molecule has 2 aromatic rings. The van der Waals surface area contributed by atoms with Gasteiger partial charge in [0.05, 0.1) is 18.2 Å². The third-order valence-corrected chi connectivity index (χ3v) is 3.66. The number of rotatable bonds is 6. The molecule has 25 heavy (non-hydrogen) atoms. The first kappa shape index (κ1) is 18.5. The van der Waals surface area contributed by atoms with Gasteiger partial charge < -0.3 is 14.8 Å². The fourth-order valence-electron chi connectivity index (χ4n) is 1.99. The maximum absolute atomic E-state index is 12.0. The van der Waals surface area contributed by atoms with Crippen LogP contribution in [0.3, 0.4) is 0 Å².